The predicted molar refractivity (Wildman–Crippen MR) is 103 cm³/mol. The quantitative estimate of drug-likeness (QED) is 0.496. The predicted octanol–water partition coefficient (Wildman–Crippen LogP) is 5.38. The smallest absolute Gasteiger partial charge is 0.186 e. The van der Waals surface area contributed by atoms with Crippen molar-refractivity contribution in [3.05, 3.63) is 95.6 Å². The molecule has 4 heteroatoms. The Morgan fingerprint density at radius 1 is 0.920 bits per heavy atom. The van der Waals surface area contributed by atoms with E-state index in [9.17, 15) is 8.76 Å². The van der Waals surface area contributed by atoms with Crippen LogP contribution < -0.4 is 0 Å². The maximum Gasteiger partial charge on any atom is 0.186 e. The zero-order chi connectivity index (χ0) is 17.4. The van der Waals surface area contributed by atoms with Crippen molar-refractivity contribution in [2.45, 2.75) is 21.1 Å². The van der Waals surface area contributed by atoms with E-state index >= 15 is 0 Å². The number of rotatable bonds is 3. The van der Waals surface area contributed by atoms with Gasteiger partial charge in [0.15, 0.2) is 11.1 Å². The highest BCUT2D eigenvalue weighted by Gasteiger charge is 2.16. The summed E-state index contributed by atoms with van der Waals surface area (Å²) in [6, 6.07) is 22.0. The number of fused-ring (bicyclic) bond motifs is 2. The second kappa shape index (κ2) is 6.64. The van der Waals surface area contributed by atoms with Crippen LogP contribution in [0.25, 0.3) is 5.57 Å². The van der Waals surface area contributed by atoms with Crippen molar-refractivity contribution < 1.29 is 8.76 Å². The Hall–Kier alpha value is -2.14. The molecule has 3 aromatic carbocycles. The molecule has 0 fully saturated rings. The SMILES string of the molecule is C=C(c1cccc(S(=O)O)c1)c1ccc2c(c1)Cc1ccccc1S2. The molecule has 1 unspecified atom stereocenters. The Bertz CT molecular complexity index is 1010. The first-order valence-electron chi connectivity index (χ1n) is 7.91. The molecule has 3 aromatic rings. The van der Waals surface area contributed by atoms with Crippen molar-refractivity contribution >= 4 is 28.4 Å². The van der Waals surface area contributed by atoms with Gasteiger partial charge < -0.3 is 4.55 Å². The van der Waals surface area contributed by atoms with Crippen LogP contribution in [0.5, 0.6) is 0 Å². The molecule has 0 radical (unpaired) electrons. The molecular weight excluding hydrogens is 348 g/mol. The Balaban J connectivity index is 1.68. The zero-order valence-corrected chi connectivity index (χ0v) is 15.1. The fourth-order valence-corrected chi connectivity index (χ4v) is 4.51. The molecule has 2 nitrogen and oxygen atoms in total. The van der Waals surface area contributed by atoms with Crippen molar-refractivity contribution in [2.24, 2.45) is 0 Å². The van der Waals surface area contributed by atoms with Crippen LogP contribution in [0.4, 0.5) is 0 Å². The van der Waals surface area contributed by atoms with Gasteiger partial charge in [0.05, 0.1) is 4.90 Å². The molecule has 1 aliphatic heterocycles. The second-order valence-corrected chi connectivity index (χ2v) is 8.02. The van der Waals surface area contributed by atoms with Crippen molar-refractivity contribution in [1.29, 1.82) is 0 Å². The third kappa shape index (κ3) is 3.21. The Morgan fingerprint density at radius 2 is 1.68 bits per heavy atom. The molecule has 1 aliphatic rings. The van der Waals surface area contributed by atoms with Crippen molar-refractivity contribution in [2.75, 3.05) is 0 Å². The van der Waals surface area contributed by atoms with Gasteiger partial charge in [0.1, 0.15) is 0 Å². The van der Waals surface area contributed by atoms with Crippen LogP contribution in [0.15, 0.2) is 88.0 Å². The molecule has 0 spiro atoms. The molecule has 0 saturated heterocycles. The third-order valence-corrected chi connectivity index (χ3v) is 6.26. The minimum atomic E-state index is -1.98. The summed E-state index contributed by atoms with van der Waals surface area (Å²) in [6.45, 7) is 4.20. The topological polar surface area (TPSA) is 37.3 Å². The van der Waals surface area contributed by atoms with Crippen LogP contribution in [0.2, 0.25) is 0 Å². The summed E-state index contributed by atoms with van der Waals surface area (Å²) < 4.78 is 20.6. The summed E-state index contributed by atoms with van der Waals surface area (Å²) in [4.78, 5) is 2.99. The Labute approximate surface area is 153 Å². The van der Waals surface area contributed by atoms with Crippen LogP contribution >= 0.6 is 11.8 Å². The van der Waals surface area contributed by atoms with E-state index in [-0.39, 0.29) is 0 Å². The number of hydrogen-bond acceptors (Lipinski definition) is 2. The molecule has 0 saturated carbocycles. The third-order valence-electron chi connectivity index (χ3n) is 4.37. The van der Waals surface area contributed by atoms with Gasteiger partial charge in [0.25, 0.3) is 0 Å². The number of hydrogen-bond donors (Lipinski definition) is 1. The van der Waals surface area contributed by atoms with Crippen molar-refractivity contribution in [3.63, 3.8) is 0 Å². The second-order valence-electron chi connectivity index (χ2n) is 5.96. The standard InChI is InChI=1S/C21H16O2S2/c1-14(15-6-4-7-19(13-15)25(22)23)16-9-10-21-18(11-16)12-17-5-2-3-8-20(17)24-21/h2-11,13H,1,12H2,(H,22,23). The highest BCUT2D eigenvalue weighted by Crippen LogP contribution is 2.40. The van der Waals surface area contributed by atoms with Crippen LogP contribution in [-0.2, 0) is 17.5 Å². The summed E-state index contributed by atoms with van der Waals surface area (Å²) in [7, 11) is 0. The molecule has 124 valence electrons. The molecule has 0 amide bonds. The fourth-order valence-electron chi connectivity index (χ4n) is 3.04. The summed E-state index contributed by atoms with van der Waals surface area (Å²) in [6.07, 6.45) is 0.917. The van der Waals surface area contributed by atoms with Crippen LogP contribution in [0.3, 0.4) is 0 Å². The van der Waals surface area contributed by atoms with E-state index in [1.165, 1.54) is 20.9 Å². The number of benzene rings is 3. The molecule has 4 rings (SSSR count). The van der Waals surface area contributed by atoms with Gasteiger partial charge in [-0.25, -0.2) is 4.21 Å². The van der Waals surface area contributed by atoms with Crippen LogP contribution in [-0.4, -0.2) is 8.76 Å². The molecular formula is C21H16O2S2. The average Bonchev–Trinajstić information content (AvgIpc) is 2.65. The Morgan fingerprint density at radius 3 is 2.52 bits per heavy atom. The maximum atomic E-state index is 11.3. The largest absolute Gasteiger partial charge is 0.302 e. The summed E-state index contributed by atoms with van der Waals surface area (Å²) in [5.41, 5.74) is 5.41. The molecule has 1 atom stereocenters. The lowest BCUT2D eigenvalue weighted by atomic mass is 9.95. The zero-order valence-electron chi connectivity index (χ0n) is 13.4. The molecule has 0 bridgehead atoms. The van der Waals surface area contributed by atoms with Gasteiger partial charge in [0, 0.05) is 9.79 Å². The first-order chi connectivity index (χ1) is 12.1. The highest BCUT2D eigenvalue weighted by molar-refractivity contribution is 7.99. The molecule has 0 aliphatic carbocycles. The van der Waals surface area contributed by atoms with E-state index in [1.54, 1.807) is 30.0 Å². The van der Waals surface area contributed by atoms with Gasteiger partial charge in [-0.15, -0.1) is 0 Å². The molecule has 0 aromatic heterocycles. The van der Waals surface area contributed by atoms with Gasteiger partial charge in [-0.2, -0.15) is 0 Å². The van der Waals surface area contributed by atoms with Gasteiger partial charge in [-0.3, -0.25) is 0 Å². The lowest BCUT2D eigenvalue weighted by Crippen LogP contribution is -2.00. The van der Waals surface area contributed by atoms with E-state index in [2.05, 4.69) is 49.0 Å². The Kier molecular flexibility index (Phi) is 4.34. The van der Waals surface area contributed by atoms with E-state index in [4.69, 9.17) is 0 Å². The summed E-state index contributed by atoms with van der Waals surface area (Å²) >= 11 is -0.181. The van der Waals surface area contributed by atoms with Gasteiger partial charge >= 0.3 is 0 Å². The van der Waals surface area contributed by atoms with E-state index < -0.39 is 11.1 Å². The normalized spacial score (nSPS) is 13.6. The first kappa shape index (κ1) is 16.3. The summed E-state index contributed by atoms with van der Waals surface area (Å²) in [5.74, 6) is 0. The summed E-state index contributed by atoms with van der Waals surface area (Å²) in [5, 5.41) is 0. The fraction of sp³-hybridized carbons (Fsp3) is 0.0476. The maximum absolute atomic E-state index is 11.3. The van der Waals surface area contributed by atoms with E-state index in [0.717, 1.165) is 23.1 Å². The van der Waals surface area contributed by atoms with Crippen LogP contribution in [0, 0.1) is 0 Å². The minimum Gasteiger partial charge on any atom is -0.302 e. The van der Waals surface area contributed by atoms with Gasteiger partial charge in [-0.05, 0) is 64.6 Å². The van der Waals surface area contributed by atoms with Crippen molar-refractivity contribution in [3.8, 4) is 0 Å². The first-order valence-corrected chi connectivity index (χ1v) is 9.83. The minimum absolute atomic E-state index is 0.390. The monoisotopic (exact) mass is 364 g/mol. The van der Waals surface area contributed by atoms with Gasteiger partial charge in [-0.1, -0.05) is 54.7 Å². The van der Waals surface area contributed by atoms with E-state index in [1.807, 2.05) is 6.07 Å². The van der Waals surface area contributed by atoms with Crippen molar-refractivity contribution in [1.82, 2.24) is 0 Å². The molecule has 25 heavy (non-hydrogen) atoms. The lowest BCUT2D eigenvalue weighted by Gasteiger charge is -2.20. The van der Waals surface area contributed by atoms with Crippen LogP contribution in [0.1, 0.15) is 22.3 Å². The molecule has 1 heterocycles. The highest BCUT2D eigenvalue weighted by atomic mass is 32.2. The van der Waals surface area contributed by atoms with E-state index in [0.29, 0.717) is 4.90 Å². The molecule has 1 N–H and O–H groups in total. The average molecular weight is 364 g/mol. The lowest BCUT2D eigenvalue weighted by molar-refractivity contribution is 0.564. The van der Waals surface area contributed by atoms with Gasteiger partial charge in [0.2, 0.25) is 0 Å².